The number of ether oxygens (including phenoxy) is 2. The normalized spacial score (nSPS) is 16.5. The molecular weight excluding hydrogens is 483 g/mol. The molecule has 0 spiro atoms. The number of nitrogens with one attached hydrogen (secondary N) is 2. The maximum atomic E-state index is 11.9. The molecule has 0 amide bonds. The quantitative estimate of drug-likeness (QED) is 0.192. The summed E-state index contributed by atoms with van der Waals surface area (Å²) >= 11 is 0. The Morgan fingerprint density at radius 2 is 2.17 bits per heavy atom. The third-order valence-corrected chi connectivity index (χ3v) is 4.81. The number of aliphatic imine (C=N–C) groups is 1. The van der Waals surface area contributed by atoms with Crippen LogP contribution >= 0.6 is 24.0 Å². The minimum atomic E-state index is 0. The fourth-order valence-corrected chi connectivity index (χ4v) is 3.18. The molecule has 0 radical (unpaired) electrons. The average Bonchev–Trinajstić information content (AvgIpc) is 3.19. The van der Waals surface area contributed by atoms with E-state index in [9.17, 15) is 4.79 Å². The maximum absolute atomic E-state index is 11.9. The second kappa shape index (κ2) is 15.7. The van der Waals surface area contributed by atoms with Gasteiger partial charge in [-0.2, -0.15) is 0 Å². The van der Waals surface area contributed by atoms with Crippen molar-refractivity contribution >= 4 is 29.9 Å². The second-order valence-electron chi connectivity index (χ2n) is 7.21. The van der Waals surface area contributed by atoms with Crippen LogP contribution in [-0.4, -0.2) is 56.6 Å². The van der Waals surface area contributed by atoms with E-state index in [1.165, 1.54) is 0 Å². The number of unbranched alkanes of at least 4 members (excludes halogenated alkanes) is 1. The molecule has 2 heterocycles. The van der Waals surface area contributed by atoms with Crippen LogP contribution in [0.2, 0.25) is 0 Å². The van der Waals surface area contributed by atoms with Gasteiger partial charge in [0.25, 0.3) is 5.56 Å². The summed E-state index contributed by atoms with van der Waals surface area (Å²) in [4.78, 5) is 16.5. The zero-order valence-corrected chi connectivity index (χ0v) is 20.2. The van der Waals surface area contributed by atoms with Gasteiger partial charge < -0.3 is 24.7 Å². The Morgan fingerprint density at radius 3 is 2.90 bits per heavy atom. The molecule has 1 saturated heterocycles. The number of aromatic nitrogens is 1. The SMILES string of the molecule is CCNC(=NCCCOCC1CCOC1)NCCCCn1c(C)cccc1=O.I. The lowest BCUT2D eigenvalue weighted by atomic mass is 10.1. The van der Waals surface area contributed by atoms with E-state index in [0.29, 0.717) is 5.92 Å². The van der Waals surface area contributed by atoms with Crippen LogP contribution in [0.4, 0.5) is 0 Å². The average molecular weight is 520 g/mol. The van der Waals surface area contributed by atoms with Crippen molar-refractivity contribution in [3.8, 4) is 0 Å². The van der Waals surface area contributed by atoms with Crippen LogP contribution < -0.4 is 16.2 Å². The standard InChI is InChI=1S/C21H36N4O3.HI/c1-3-22-21(24-12-7-14-27-16-19-10-15-28-17-19)23-11-4-5-13-25-18(2)8-6-9-20(25)26;/h6,8-9,19H,3-5,7,10-17H2,1-2H3,(H2,22,23,24);1H. The molecule has 0 aromatic carbocycles. The summed E-state index contributed by atoms with van der Waals surface area (Å²) in [5.74, 6) is 1.41. The van der Waals surface area contributed by atoms with E-state index < -0.39 is 0 Å². The number of pyridine rings is 1. The van der Waals surface area contributed by atoms with Crippen molar-refractivity contribution in [1.29, 1.82) is 0 Å². The summed E-state index contributed by atoms with van der Waals surface area (Å²) in [5, 5.41) is 6.64. The third-order valence-electron chi connectivity index (χ3n) is 4.81. The first-order chi connectivity index (χ1) is 13.7. The van der Waals surface area contributed by atoms with Crippen LogP contribution in [0, 0.1) is 12.8 Å². The summed E-state index contributed by atoms with van der Waals surface area (Å²) in [6.07, 6.45) is 3.97. The van der Waals surface area contributed by atoms with Gasteiger partial charge in [-0.1, -0.05) is 6.07 Å². The molecule has 1 aromatic rings. The largest absolute Gasteiger partial charge is 0.381 e. The number of guanidine groups is 1. The minimum Gasteiger partial charge on any atom is -0.381 e. The number of nitrogens with zero attached hydrogens (tertiary/aromatic N) is 2. The van der Waals surface area contributed by atoms with Gasteiger partial charge in [-0.3, -0.25) is 9.79 Å². The number of halogens is 1. The highest BCUT2D eigenvalue weighted by Gasteiger charge is 2.15. The highest BCUT2D eigenvalue weighted by atomic mass is 127. The van der Waals surface area contributed by atoms with E-state index in [1.807, 2.05) is 23.6 Å². The molecule has 1 aliphatic rings. The second-order valence-corrected chi connectivity index (χ2v) is 7.21. The van der Waals surface area contributed by atoms with Gasteiger partial charge >= 0.3 is 0 Å². The maximum Gasteiger partial charge on any atom is 0.250 e. The smallest absolute Gasteiger partial charge is 0.250 e. The van der Waals surface area contributed by atoms with Crippen LogP contribution in [0.3, 0.4) is 0 Å². The first-order valence-electron chi connectivity index (χ1n) is 10.5. The molecule has 7 nitrogen and oxygen atoms in total. The summed E-state index contributed by atoms with van der Waals surface area (Å²) in [5.41, 5.74) is 1.09. The third kappa shape index (κ3) is 10.5. The molecule has 166 valence electrons. The highest BCUT2D eigenvalue weighted by Crippen LogP contribution is 2.12. The zero-order chi connectivity index (χ0) is 20.0. The molecular formula is C21H37IN4O3. The summed E-state index contributed by atoms with van der Waals surface area (Å²) in [6.45, 7) is 10.5. The van der Waals surface area contributed by atoms with E-state index in [4.69, 9.17) is 9.47 Å². The van der Waals surface area contributed by atoms with Gasteiger partial charge in [-0.05, 0) is 45.6 Å². The van der Waals surface area contributed by atoms with Crippen LogP contribution in [0.25, 0.3) is 0 Å². The fourth-order valence-electron chi connectivity index (χ4n) is 3.18. The lowest BCUT2D eigenvalue weighted by molar-refractivity contribution is 0.0893. The molecule has 2 rings (SSSR count). The van der Waals surface area contributed by atoms with Crippen molar-refractivity contribution in [2.75, 3.05) is 46.1 Å². The molecule has 8 heteroatoms. The van der Waals surface area contributed by atoms with Gasteiger partial charge in [0.15, 0.2) is 5.96 Å². The topological polar surface area (TPSA) is 76.9 Å². The molecule has 1 unspecified atom stereocenters. The first-order valence-corrected chi connectivity index (χ1v) is 10.5. The Balaban J connectivity index is 0.00000420. The fraction of sp³-hybridized carbons (Fsp3) is 0.714. The minimum absolute atomic E-state index is 0. The lowest BCUT2D eigenvalue weighted by Crippen LogP contribution is -2.38. The number of rotatable bonds is 12. The van der Waals surface area contributed by atoms with Crippen molar-refractivity contribution in [2.45, 2.75) is 46.1 Å². The van der Waals surface area contributed by atoms with Crippen molar-refractivity contribution in [3.05, 3.63) is 34.2 Å². The summed E-state index contributed by atoms with van der Waals surface area (Å²) < 4.78 is 12.9. The Morgan fingerprint density at radius 1 is 1.31 bits per heavy atom. The molecule has 1 aliphatic heterocycles. The molecule has 0 saturated carbocycles. The van der Waals surface area contributed by atoms with Crippen molar-refractivity contribution < 1.29 is 9.47 Å². The van der Waals surface area contributed by atoms with Crippen LogP contribution in [0.1, 0.15) is 38.3 Å². The van der Waals surface area contributed by atoms with Crippen molar-refractivity contribution in [2.24, 2.45) is 10.9 Å². The molecule has 1 fully saturated rings. The Kier molecular flexibility index (Phi) is 14.0. The van der Waals surface area contributed by atoms with Gasteiger partial charge in [0.1, 0.15) is 0 Å². The van der Waals surface area contributed by atoms with Gasteiger partial charge in [0, 0.05) is 57.1 Å². The lowest BCUT2D eigenvalue weighted by Gasteiger charge is -2.12. The molecule has 1 atom stereocenters. The Hall–Kier alpha value is -1.13. The van der Waals surface area contributed by atoms with Gasteiger partial charge in [-0.15, -0.1) is 24.0 Å². The molecule has 2 N–H and O–H groups in total. The van der Waals surface area contributed by atoms with E-state index in [0.717, 1.165) is 89.9 Å². The Labute approximate surface area is 191 Å². The van der Waals surface area contributed by atoms with Crippen LogP contribution in [-0.2, 0) is 16.0 Å². The van der Waals surface area contributed by atoms with Gasteiger partial charge in [0.2, 0.25) is 0 Å². The molecule has 0 bridgehead atoms. The first kappa shape index (κ1) is 25.9. The molecule has 0 aliphatic carbocycles. The van der Waals surface area contributed by atoms with Gasteiger partial charge in [-0.25, -0.2) is 0 Å². The zero-order valence-electron chi connectivity index (χ0n) is 17.8. The highest BCUT2D eigenvalue weighted by molar-refractivity contribution is 14.0. The number of aryl methyl sites for hydroxylation is 1. The predicted octanol–water partition coefficient (Wildman–Crippen LogP) is 2.55. The van der Waals surface area contributed by atoms with E-state index in [2.05, 4.69) is 22.5 Å². The van der Waals surface area contributed by atoms with E-state index >= 15 is 0 Å². The summed E-state index contributed by atoms with van der Waals surface area (Å²) in [7, 11) is 0. The van der Waals surface area contributed by atoms with E-state index in [1.54, 1.807) is 6.07 Å². The Bertz CT molecular complexity index is 645. The van der Waals surface area contributed by atoms with Crippen LogP contribution in [0.5, 0.6) is 0 Å². The van der Waals surface area contributed by atoms with Crippen molar-refractivity contribution in [1.82, 2.24) is 15.2 Å². The van der Waals surface area contributed by atoms with Crippen LogP contribution in [0.15, 0.2) is 28.0 Å². The number of hydrogen-bond donors (Lipinski definition) is 2. The predicted molar refractivity (Wildman–Crippen MR) is 128 cm³/mol. The summed E-state index contributed by atoms with van der Waals surface area (Å²) in [6, 6.07) is 5.40. The van der Waals surface area contributed by atoms with Crippen molar-refractivity contribution in [3.63, 3.8) is 0 Å². The monoisotopic (exact) mass is 520 g/mol. The number of hydrogen-bond acceptors (Lipinski definition) is 4. The van der Waals surface area contributed by atoms with E-state index in [-0.39, 0.29) is 29.5 Å². The molecule has 29 heavy (non-hydrogen) atoms. The molecule has 1 aromatic heterocycles. The van der Waals surface area contributed by atoms with Gasteiger partial charge in [0.05, 0.1) is 13.2 Å².